The first-order valence-corrected chi connectivity index (χ1v) is 7.88. The summed E-state index contributed by atoms with van der Waals surface area (Å²) in [4.78, 5) is 24.7. The second kappa shape index (κ2) is 6.16. The number of carbonyl (C=O) groups is 1. The summed E-state index contributed by atoms with van der Waals surface area (Å²) in [6.45, 7) is 1.81. The molecule has 1 aromatic carbocycles. The van der Waals surface area contributed by atoms with Crippen molar-refractivity contribution in [3.63, 3.8) is 0 Å². The Balaban J connectivity index is 1.53. The number of benzene rings is 1. The van der Waals surface area contributed by atoms with Crippen LogP contribution in [0.3, 0.4) is 0 Å². The van der Waals surface area contributed by atoms with E-state index in [1.54, 1.807) is 30.6 Å². The van der Waals surface area contributed by atoms with Crippen LogP contribution in [0, 0.1) is 5.82 Å². The second-order valence-electron chi connectivity index (χ2n) is 6.02. The number of fused-ring (bicyclic) bond motifs is 1. The van der Waals surface area contributed by atoms with E-state index in [0.717, 1.165) is 5.56 Å². The molecule has 0 spiro atoms. The highest BCUT2D eigenvalue weighted by atomic mass is 19.1. The number of nitrogens with zero attached hydrogens (tertiary/aromatic N) is 4. The van der Waals surface area contributed by atoms with Gasteiger partial charge < -0.3 is 14.5 Å². The highest BCUT2D eigenvalue weighted by Gasteiger charge is 2.43. The Bertz CT molecular complexity index is 725. The van der Waals surface area contributed by atoms with Crippen LogP contribution >= 0.6 is 0 Å². The minimum absolute atomic E-state index is 0.0450. The van der Waals surface area contributed by atoms with Gasteiger partial charge in [0.15, 0.2) is 0 Å². The average Bonchev–Trinajstić information content (AvgIpc) is 3.05. The van der Waals surface area contributed by atoms with E-state index < -0.39 is 0 Å². The van der Waals surface area contributed by atoms with E-state index >= 15 is 0 Å². The summed E-state index contributed by atoms with van der Waals surface area (Å²) in [6, 6.07) is 7.96. The summed E-state index contributed by atoms with van der Waals surface area (Å²) in [5.41, 5.74) is 0.903. The second-order valence-corrected chi connectivity index (χ2v) is 6.02. The number of rotatable bonds is 3. The lowest BCUT2D eigenvalue weighted by atomic mass is 10.1. The normalized spacial score (nSPS) is 23.5. The van der Waals surface area contributed by atoms with Crippen molar-refractivity contribution in [2.75, 3.05) is 24.6 Å². The summed E-state index contributed by atoms with van der Waals surface area (Å²) in [5.74, 6) is 0.319. The number of hydrogen-bond acceptors (Lipinski definition) is 5. The summed E-state index contributed by atoms with van der Waals surface area (Å²) in [5, 5.41) is 0. The van der Waals surface area contributed by atoms with Crippen molar-refractivity contribution in [1.82, 2.24) is 14.9 Å². The van der Waals surface area contributed by atoms with Gasteiger partial charge in [0.05, 0.1) is 12.1 Å². The summed E-state index contributed by atoms with van der Waals surface area (Å²) >= 11 is 0. The molecule has 6 nitrogen and oxygen atoms in total. The van der Waals surface area contributed by atoms with Crippen molar-refractivity contribution in [1.29, 1.82) is 0 Å². The van der Waals surface area contributed by atoms with E-state index in [9.17, 15) is 9.18 Å². The van der Waals surface area contributed by atoms with Gasteiger partial charge in [-0.1, -0.05) is 12.1 Å². The molecule has 0 N–H and O–H groups in total. The molecule has 2 atom stereocenters. The molecule has 2 aliphatic heterocycles. The molecule has 2 saturated heterocycles. The molecule has 124 valence electrons. The van der Waals surface area contributed by atoms with Crippen molar-refractivity contribution in [2.45, 2.75) is 18.7 Å². The van der Waals surface area contributed by atoms with E-state index in [1.807, 2.05) is 9.80 Å². The fraction of sp³-hybridized carbons (Fsp3) is 0.353. The lowest BCUT2D eigenvalue weighted by Gasteiger charge is -2.36. The number of halogens is 1. The quantitative estimate of drug-likeness (QED) is 0.848. The van der Waals surface area contributed by atoms with Crippen LogP contribution in [0.5, 0.6) is 0 Å². The standard InChI is InChI=1S/C17H17FN4O2/c18-13-4-2-12(3-5-13)8-22-14-9-21(17-19-6-1-7-20-17)10-15(14)24-11-16(22)23/h1-7,14-15H,8-11H2/t14-,15+/m1/s1. The Kier molecular flexibility index (Phi) is 3.86. The number of ether oxygens (including phenoxy) is 1. The minimum Gasteiger partial charge on any atom is -0.364 e. The third-order valence-corrected chi connectivity index (χ3v) is 4.48. The Labute approximate surface area is 138 Å². The first-order chi connectivity index (χ1) is 11.7. The van der Waals surface area contributed by atoms with Gasteiger partial charge in [-0.15, -0.1) is 0 Å². The maximum absolute atomic E-state index is 13.1. The van der Waals surface area contributed by atoms with Gasteiger partial charge in [-0.2, -0.15) is 0 Å². The molecule has 2 fully saturated rings. The smallest absolute Gasteiger partial charge is 0.249 e. The van der Waals surface area contributed by atoms with Gasteiger partial charge in [0.25, 0.3) is 0 Å². The first-order valence-electron chi connectivity index (χ1n) is 7.88. The highest BCUT2D eigenvalue weighted by molar-refractivity contribution is 5.79. The maximum atomic E-state index is 13.1. The maximum Gasteiger partial charge on any atom is 0.249 e. The molecule has 0 saturated carbocycles. The van der Waals surface area contributed by atoms with E-state index in [0.29, 0.717) is 25.6 Å². The fourth-order valence-electron chi connectivity index (χ4n) is 3.28. The Morgan fingerprint density at radius 3 is 2.67 bits per heavy atom. The van der Waals surface area contributed by atoms with Gasteiger partial charge in [-0.05, 0) is 23.8 Å². The first kappa shape index (κ1) is 15.0. The van der Waals surface area contributed by atoms with Crippen LogP contribution in [-0.2, 0) is 16.1 Å². The molecule has 7 heteroatoms. The Hall–Kier alpha value is -2.54. The van der Waals surface area contributed by atoms with Crippen molar-refractivity contribution >= 4 is 11.9 Å². The fourth-order valence-corrected chi connectivity index (χ4v) is 3.28. The number of anilines is 1. The van der Waals surface area contributed by atoms with Crippen LogP contribution in [0.2, 0.25) is 0 Å². The third-order valence-electron chi connectivity index (χ3n) is 4.48. The van der Waals surface area contributed by atoms with Crippen LogP contribution < -0.4 is 4.90 Å². The summed E-state index contributed by atoms with van der Waals surface area (Å²) < 4.78 is 18.8. The van der Waals surface area contributed by atoms with Crippen molar-refractivity contribution in [3.05, 3.63) is 54.1 Å². The summed E-state index contributed by atoms with van der Waals surface area (Å²) in [7, 11) is 0. The topological polar surface area (TPSA) is 58.6 Å². The van der Waals surface area contributed by atoms with Crippen molar-refractivity contribution in [2.24, 2.45) is 0 Å². The SMILES string of the molecule is O=C1CO[C@H]2CN(c3ncccn3)C[C@H]2N1Cc1ccc(F)cc1. The molecule has 0 radical (unpaired) electrons. The molecule has 0 unspecified atom stereocenters. The van der Waals surface area contributed by atoms with Crippen molar-refractivity contribution < 1.29 is 13.9 Å². The third kappa shape index (κ3) is 2.82. The predicted octanol–water partition coefficient (Wildman–Crippen LogP) is 1.23. The van der Waals surface area contributed by atoms with E-state index in [-0.39, 0.29) is 30.5 Å². The number of amides is 1. The molecule has 1 amide bonds. The molecule has 2 aromatic rings. The Morgan fingerprint density at radius 1 is 1.17 bits per heavy atom. The zero-order chi connectivity index (χ0) is 16.5. The molecular weight excluding hydrogens is 311 g/mol. The summed E-state index contributed by atoms with van der Waals surface area (Å²) in [6.07, 6.45) is 3.34. The zero-order valence-corrected chi connectivity index (χ0v) is 13.0. The molecule has 0 bridgehead atoms. The zero-order valence-electron chi connectivity index (χ0n) is 13.0. The average molecular weight is 328 g/mol. The van der Waals surface area contributed by atoms with Gasteiger partial charge >= 0.3 is 0 Å². The number of carbonyl (C=O) groups excluding carboxylic acids is 1. The van der Waals surface area contributed by atoms with Gasteiger partial charge in [0.2, 0.25) is 11.9 Å². The van der Waals surface area contributed by atoms with Gasteiger partial charge in [-0.3, -0.25) is 4.79 Å². The van der Waals surface area contributed by atoms with Gasteiger partial charge in [0.1, 0.15) is 12.4 Å². The molecule has 4 rings (SSSR count). The molecule has 1 aromatic heterocycles. The molecule has 2 aliphatic rings. The van der Waals surface area contributed by atoms with Crippen molar-refractivity contribution in [3.8, 4) is 0 Å². The number of hydrogen-bond donors (Lipinski definition) is 0. The van der Waals surface area contributed by atoms with E-state index in [4.69, 9.17) is 4.74 Å². The van der Waals surface area contributed by atoms with E-state index in [1.165, 1.54) is 12.1 Å². The number of morpholine rings is 1. The minimum atomic E-state index is -0.279. The largest absolute Gasteiger partial charge is 0.364 e. The highest BCUT2D eigenvalue weighted by Crippen LogP contribution is 2.27. The molecule has 3 heterocycles. The van der Waals surface area contributed by atoms with Gasteiger partial charge in [0, 0.05) is 32.0 Å². The lowest BCUT2D eigenvalue weighted by molar-refractivity contribution is -0.153. The molecule has 0 aliphatic carbocycles. The predicted molar refractivity (Wildman–Crippen MR) is 84.7 cm³/mol. The van der Waals surface area contributed by atoms with Crippen LogP contribution in [0.4, 0.5) is 10.3 Å². The van der Waals surface area contributed by atoms with Crippen LogP contribution in [-0.4, -0.2) is 52.6 Å². The van der Waals surface area contributed by atoms with Gasteiger partial charge in [-0.25, -0.2) is 14.4 Å². The molecule has 24 heavy (non-hydrogen) atoms. The van der Waals surface area contributed by atoms with Crippen LogP contribution in [0.25, 0.3) is 0 Å². The van der Waals surface area contributed by atoms with E-state index in [2.05, 4.69) is 9.97 Å². The molecular formula is C17H17FN4O2. The monoisotopic (exact) mass is 328 g/mol. The Morgan fingerprint density at radius 2 is 1.92 bits per heavy atom. The lowest BCUT2D eigenvalue weighted by Crippen LogP contribution is -2.53. The number of aromatic nitrogens is 2. The van der Waals surface area contributed by atoms with Crippen LogP contribution in [0.1, 0.15) is 5.56 Å². The van der Waals surface area contributed by atoms with Crippen LogP contribution in [0.15, 0.2) is 42.7 Å².